The Bertz CT molecular complexity index is 690. The predicted molar refractivity (Wildman–Crippen MR) is 80.9 cm³/mol. The molecule has 2 aromatic carbocycles. The molecule has 22 heavy (non-hydrogen) atoms. The van der Waals surface area contributed by atoms with Gasteiger partial charge in [-0.3, -0.25) is 4.79 Å². The third-order valence-corrected chi connectivity index (χ3v) is 3.40. The van der Waals surface area contributed by atoms with E-state index < -0.39 is 5.82 Å². The molecule has 2 rings (SSSR count). The Labute approximate surface area is 132 Å². The highest BCUT2D eigenvalue weighted by atomic mass is 35.5. The van der Waals surface area contributed by atoms with E-state index in [1.165, 1.54) is 45.6 Å². The molecule has 0 heterocycles. The van der Waals surface area contributed by atoms with Crippen LogP contribution in [-0.4, -0.2) is 27.1 Å². The highest BCUT2D eigenvalue weighted by molar-refractivity contribution is 6.31. The van der Waals surface area contributed by atoms with E-state index in [9.17, 15) is 9.18 Å². The van der Waals surface area contributed by atoms with Crippen molar-refractivity contribution in [3.8, 4) is 17.2 Å². The van der Waals surface area contributed by atoms with Crippen LogP contribution in [0, 0.1) is 5.82 Å². The lowest BCUT2D eigenvalue weighted by Gasteiger charge is -2.13. The molecule has 0 N–H and O–H groups in total. The Kier molecular flexibility index (Phi) is 4.88. The fourth-order valence-corrected chi connectivity index (χ4v) is 2.20. The van der Waals surface area contributed by atoms with Crippen molar-refractivity contribution in [2.75, 3.05) is 21.3 Å². The molecule has 0 spiro atoms. The van der Waals surface area contributed by atoms with Crippen molar-refractivity contribution in [1.29, 1.82) is 0 Å². The first-order chi connectivity index (χ1) is 10.5. The van der Waals surface area contributed by atoms with Gasteiger partial charge in [0.1, 0.15) is 5.82 Å². The van der Waals surface area contributed by atoms with Crippen LogP contribution in [0.15, 0.2) is 30.3 Å². The first-order valence-corrected chi connectivity index (χ1v) is 6.69. The van der Waals surface area contributed by atoms with Gasteiger partial charge >= 0.3 is 0 Å². The number of ketones is 1. The average molecular weight is 325 g/mol. The van der Waals surface area contributed by atoms with Crippen LogP contribution < -0.4 is 14.2 Å². The van der Waals surface area contributed by atoms with Gasteiger partial charge in [0.15, 0.2) is 17.3 Å². The fourth-order valence-electron chi connectivity index (χ4n) is 2.02. The highest BCUT2D eigenvalue weighted by Crippen LogP contribution is 2.38. The molecular formula is C16H14ClFO4. The summed E-state index contributed by atoms with van der Waals surface area (Å²) in [4.78, 5) is 12.5. The number of methoxy groups -OCH3 is 3. The Morgan fingerprint density at radius 1 is 0.955 bits per heavy atom. The lowest BCUT2D eigenvalue weighted by Crippen LogP contribution is -2.04. The van der Waals surface area contributed by atoms with E-state index in [1.54, 1.807) is 0 Å². The molecule has 0 atom stereocenters. The normalized spacial score (nSPS) is 10.2. The second-order valence-electron chi connectivity index (χ2n) is 4.37. The van der Waals surface area contributed by atoms with Crippen molar-refractivity contribution in [1.82, 2.24) is 0 Å². The summed E-state index contributed by atoms with van der Waals surface area (Å²) in [7, 11) is 4.39. The molecule has 0 unspecified atom stereocenters. The molecule has 0 bridgehead atoms. The summed E-state index contributed by atoms with van der Waals surface area (Å²) in [5, 5.41) is -0.113. The molecule has 2 aromatic rings. The summed E-state index contributed by atoms with van der Waals surface area (Å²) in [6, 6.07) is 6.85. The number of carbonyl (C=O) groups is 1. The van der Waals surface area contributed by atoms with Gasteiger partial charge in [0.2, 0.25) is 5.75 Å². The fraction of sp³-hybridized carbons (Fsp3) is 0.188. The maximum atomic E-state index is 13.2. The van der Waals surface area contributed by atoms with Crippen LogP contribution in [0.4, 0.5) is 4.39 Å². The van der Waals surface area contributed by atoms with Gasteiger partial charge in [0, 0.05) is 11.1 Å². The minimum atomic E-state index is -0.580. The molecule has 0 aromatic heterocycles. The van der Waals surface area contributed by atoms with Crippen molar-refractivity contribution in [2.24, 2.45) is 0 Å². The van der Waals surface area contributed by atoms with E-state index in [4.69, 9.17) is 25.8 Å². The molecule has 0 amide bonds. The van der Waals surface area contributed by atoms with Crippen molar-refractivity contribution in [3.63, 3.8) is 0 Å². The van der Waals surface area contributed by atoms with Crippen LogP contribution in [0.5, 0.6) is 17.2 Å². The molecule has 0 aliphatic carbocycles. The SMILES string of the molecule is COc1cc(C(=O)c2ccc(F)c(Cl)c2)cc(OC)c1OC. The molecule has 0 radical (unpaired) electrons. The van der Waals surface area contributed by atoms with E-state index in [0.717, 1.165) is 6.07 Å². The average Bonchev–Trinajstić information content (AvgIpc) is 2.55. The molecule has 4 nitrogen and oxygen atoms in total. The highest BCUT2D eigenvalue weighted by Gasteiger charge is 2.18. The molecule has 116 valence electrons. The Balaban J connectivity index is 2.51. The maximum Gasteiger partial charge on any atom is 0.203 e. The second kappa shape index (κ2) is 6.66. The number of halogens is 2. The van der Waals surface area contributed by atoms with Crippen LogP contribution in [0.2, 0.25) is 5.02 Å². The van der Waals surface area contributed by atoms with E-state index in [-0.39, 0.29) is 16.4 Å². The molecular weight excluding hydrogens is 311 g/mol. The summed E-state index contributed by atoms with van der Waals surface area (Å²) in [6.45, 7) is 0. The topological polar surface area (TPSA) is 44.8 Å². The lowest BCUT2D eigenvalue weighted by atomic mass is 10.0. The summed E-state index contributed by atoms with van der Waals surface area (Å²) in [6.07, 6.45) is 0. The maximum absolute atomic E-state index is 13.2. The number of carbonyl (C=O) groups excluding carboxylic acids is 1. The largest absolute Gasteiger partial charge is 0.493 e. The number of hydrogen-bond donors (Lipinski definition) is 0. The molecule has 0 fully saturated rings. The first kappa shape index (κ1) is 16.1. The molecule has 0 saturated carbocycles. The summed E-state index contributed by atoms with van der Waals surface area (Å²) in [5.74, 6) is 0.194. The first-order valence-electron chi connectivity index (χ1n) is 6.31. The second-order valence-corrected chi connectivity index (χ2v) is 4.78. The van der Waals surface area contributed by atoms with Gasteiger partial charge in [-0.15, -0.1) is 0 Å². The van der Waals surface area contributed by atoms with Crippen LogP contribution in [0.3, 0.4) is 0 Å². The minimum Gasteiger partial charge on any atom is -0.493 e. The Morgan fingerprint density at radius 2 is 1.55 bits per heavy atom. The quantitative estimate of drug-likeness (QED) is 0.786. The van der Waals surface area contributed by atoms with Crippen LogP contribution in [0.1, 0.15) is 15.9 Å². The van der Waals surface area contributed by atoms with Crippen molar-refractivity contribution in [3.05, 3.63) is 52.3 Å². The van der Waals surface area contributed by atoms with Gasteiger partial charge in [-0.1, -0.05) is 11.6 Å². The summed E-state index contributed by atoms with van der Waals surface area (Å²) in [5.41, 5.74) is 0.581. The van der Waals surface area contributed by atoms with Crippen LogP contribution in [0.25, 0.3) is 0 Å². The molecule has 6 heteroatoms. The molecule has 0 saturated heterocycles. The van der Waals surface area contributed by atoms with Gasteiger partial charge in [-0.25, -0.2) is 4.39 Å². The lowest BCUT2D eigenvalue weighted by molar-refractivity contribution is 0.103. The monoisotopic (exact) mass is 324 g/mol. The van der Waals surface area contributed by atoms with Crippen LogP contribution in [-0.2, 0) is 0 Å². The van der Waals surface area contributed by atoms with E-state index in [1.807, 2.05) is 0 Å². The van der Waals surface area contributed by atoms with Crippen molar-refractivity contribution >= 4 is 17.4 Å². The Hall–Kier alpha value is -2.27. The van der Waals surface area contributed by atoms with E-state index >= 15 is 0 Å². The van der Waals surface area contributed by atoms with Gasteiger partial charge in [-0.2, -0.15) is 0 Å². The molecule has 0 aliphatic rings. The van der Waals surface area contributed by atoms with E-state index in [0.29, 0.717) is 22.8 Å². The van der Waals surface area contributed by atoms with Crippen molar-refractivity contribution in [2.45, 2.75) is 0 Å². The molecule has 0 aliphatic heterocycles. The zero-order chi connectivity index (χ0) is 16.3. The minimum absolute atomic E-state index is 0.113. The number of hydrogen-bond acceptors (Lipinski definition) is 4. The number of rotatable bonds is 5. The summed E-state index contributed by atoms with van der Waals surface area (Å²) < 4.78 is 28.8. The predicted octanol–water partition coefficient (Wildman–Crippen LogP) is 3.74. The number of ether oxygens (including phenoxy) is 3. The summed E-state index contributed by atoms with van der Waals surface area (Å²) >= 11 is 5.71. The number of benzene rings is 2. The van der Waals surface area contributed by atoms with E-state index in [2.05, 4.69) is 0 Å². The zero-order valence-corrected chi connectivity index (χ0v) is 13.0. The standard InChI is InChI=1S/C16H14ClFO4/c1-20-13-7-10(8-14(21-2)16(13)22-3)15(19)9-4-5-12(18)11(17)6-9/h4-8H,1-3H3. The van der Waals surface area contributed by atoms with Gasteiger partial charge in [0.05, 0.1) is 26.4 Å². The van der Waals surface area contributed by atoms with Gasteiger partial charge < -0.3 is 14.2 Å². The third-order valence-electron chi connectivity index (χ3n) is 3.11. The zero-order valence-electron chi connectivity index (χ0n) is 12.3. The van der Waals surface area contributed by atoms with Gasteiger partial charge in [-0.05, 0) is 30.3 Å². The van der Waals surface area contributed by atoms with Crippen molar-refractivity contribution < 1.29 is 23.4 Å². The third kappa shape index (κ3) is 2.99. The van der Waals surface area contributed by atoms with Gasteiger partial charge in [0.25, 0.3) is 0 Å². The van der Waals surface area contributed by atoms with Crippen LogP contribution >= 0.6 is 11.6 Å². The Morgan fingerprint density at radius 3 is 2.00 bits per heavy atom. The smallest absolute Gasteiger partial charge is 0.203 e.